The summed E-state index contributed by atoms with van der Waals surface area (Å²) in [6, 6.07) is 4.19. The highest BCUT2D eigenvalue weighted by atomic mass is 16.5. The molecular formula is C9H8O4. The number of benzene rings is 1. The number of hydrogen-bond donors (Lipinski definition) is 2. The van der Waals surface area contributed by atoms with Gasteiger partial charge in [0.05, 0.1) is 5.56 Å². The van der Waals surface area contributed by atoms with Gasteiger partial charge in [0.15, 0.2) is 11.9 Å². The number of aromatic hydroxyl groups is 1. The molecule has 0 saturated heterocycles. The summed E-state index contributed by atoms with van der Waals surface area (Å²) in [4.78, 5) is 11.3. The normalized spacial score (nSPS) is 20.7. The SMILES string of the molecule is O=C1c2ccc(O)cc2OCC1O. The summed E-state index contributed by atoms with van der Waals surface area (Å²) in [5.41, 5.74) is 0.316. The maximum atomic E-state index is 11.3. The van der Waals surface area contributed by atoms with Crippen LogP contribution in [0.3, 0.4) is 0 Å². The molecule has 2 N–H and O–H groups in total. The third-order valence-corrected chi connectivity index (χ3v) is 1.93. The van der Waals surface area contributed by atoms with Crippen LogP contribution in [0, 0.1) is 0 Å². The van der Waals surface area contributed by atoms with E-state index in [2.05, 4.69) is 0 Å². The fourth-order valence-corrected chi connectivity index (χ4v) is 1.26. The summed E-state index contributed by atoms with van der Waals surface area (Å²) in [5, 5.41) is 18.2. The summed E-state index contributed by atoms with van der Waals surface area (Å²) in [6.45, 7) is -0.0463. The molecule has 1 atom stereocenters. The van der Waals surface area contributed by atoms with E-state index in [4.69, 9.17) is 14.9 Å². The second-order valence-electron chi connectivity index (χ2n) is 2.87. The molecule has 1 aromatic carbocycles. The van der Waals surface area contributed by atoms with Gasteiger partial charge in [-0.05, 0) is 12.1 Å². The summed E-state index contributed by atoms with van der Waals surface area (Å²) in [5.74, 6) is 0.0134. The van der Waals surface area contributed by atoms with Crippen LogP contribution in [0.25, 0.3) is 0 Å². The van der Waals surface area contributed by atoms with Gasteiger partial charge in [-0.2, -0.15) is 0 Å². The van der Waals surface area contributed by atoms with Crippen LogP contribution in [0.5, 0.6) is 11.5 Å². The Hall–Kier alpha value is -1.55. The average molecular weight is 180 g/mol. The van der Waals surface area contributed by atoms with E-state index in [9.17, 15) is 4.79 Å². The molecule has 0 radical (unpaired) electrons. The number of aliphatic hydroxyl groups excluding tert-OH is 1. The number of carbonyl (C=O) groups is 1. The number of phenolic OH excluding ortho intramolecular Hbond substituents is 1. The Morgan fingerprint density at radius 2 is 2.23 bits per heavy atom. The van der Waals surface area contributed by atoms with Crippen molar-refractivity contribution in [3.63, 3.8) is 0 Å². The zero-order chi connectivity index (χ0) is 9.42. The standard InChI is InChI=1S/C9H8O4/c10-5-1-2-6-8(3-5)13-4-7(11)9(6)12/h1-3,7,10-11H,4H2. The molecule has 0 spiro atoms. The third-order valence-electron chi connectivity index (χ3n) is 1.93. The smallest absolute Gasteiger partial charge is 0.198 e. The molecule has 1 unspecified atom stereocenters. The molecule has 4 nitrogen and oxygen atoms in total. The minimum absolute atomic E-state index is 0.0444. The summed E-state index contributed by atoms with van der Waals surface area (Å²) >= 11 is 0. The monoisotopic (exact) mass is 180 g/mol. The number of fused-ring (bicyclic) bond motifs is 1. The fourth-order valence-electron chi connectivity index (χ4n) is 1.26. The second kappa shape index (κ2) is 2.74. The van der Waals surface area contributed by atoms with Gasteiger partial charge in [0.25, 0.3) is 0 Å². The fraction of sp³-hybridized carbons (Fsp3) is 0.222. The van der Waals surface area contributed by atoms with Crippen LogP contribution in [-0.4, -0.2) is 28.7 Å². The lowest BCUT2D eigenvalue weighted by atomic mass is 10.0. The molecule has 4 heteroatoms. The zero-order valence-electron chi connectivity index (χ0n) is 6.73. The lowest BCUT2D eigenvalue weighted by molar-refractivity contribution is 0.0557. The van der Waals surface area contributed by atoms with Crippen molar-refractivity contribution in [3.8, 4) is 11.5 Å². The Labute approximate surface area is 74.4 Å². The van der Waals surface area contributed by atoms with Crippen LogP contribution in [0.15, 0.2) is 18.2 Å². The van der Waals surface area contributed by atoms with Gasteiger partial charge in [-0.25, -0.2) is 0 Å². The summed E-state index contributed by atoms with van der Waals surface area (Å²) in [7, 11) is 0. The largest absolute Gasteiger partial charge is 0.508 e. The molecule has 1 aliphatic rings. The van der Waals surface area contributed by atoms with E-state index < -0.39 is 6.10 Å². The predicted molar refractivity (Wildman–Crippen MR) is 43.9 cm³/mol. The number of phenols is 1. The van der Waals surface area contributed by atoms with Gasteiger partial charge in [0.2, 0.25) is 0 Å². The van der Waals surface area contributed by atoms with Crippen molar-refractivity contribution in [2.24, 2.45) is 0 Å². The first-order valence-corrected chi connectivity index (χ1v) is 3.86. The lowest BCUT2D eigenvalue weighted by Gasteiger charge is -2.20. The van der Waals surface area contributed by atoms with E-state index in [-0.39, 0.29) is 18.1 Å². The molecule has 0 fully saturated rings. The molecule has 68 valence electrons. The Kier molecular flexibility index (Phi) is 1.70. The van der Waals surface area contributed by atoms with Crippen LogP contribution < -0.4 is 4.74 Å². The number of aliphatic hydroxyl groups is 1. The number of ether oxygens (including phenoxy) is 1. The molecule has 1 aliphatic heterocycles. The second-order valence-corrected chi connectivity index (χ2v) is 2.87. The Morgan fingerprint density at radius 3 is 3.00 bits per heavy atom. The number of Topliss-reactive ketones (excluding diaryl/α,β-unsaturated/α-hetero) is 1. The highest BCUT2D eigenvalue weighted by molar-refractivity contribution is 6.02. The summed E-state index contributed by atoms with van der Waals surface area (Å²) in [6.07, 6.45) is -1.09. The van der Waals surface area contributed by atoms with Gasteiger partial charge >= 0.3 is 0 Å². The minimum atomic E-state index is -1.09. The topological polar surface area (TPSA) is 66.8 Å². The van der Waals surface area contributed by atoms with Crippen LogP contribution in [-0.2, 0) is 0 Å². The van der Waals surface area contributed by atoms with Crippen LogP contribution in [0.2, 0.25) is 0 Å². The van der Waals surface area contributed by atoms with Crippen molar-refractivity contribution in [2.45, 2.75) is 6.10 Å². The maximum Gasteiger partial charge on any atom is 0.198 e. The van der Waals surface area contributed by atoms with Gasteiger partial charge in [-0.1, -0.05) is 0 Å². The van der Waals surface area contributed by atoms with E-state index in [0.29, 0.717) is 11.3 Å². The van der Waals surface area contributed by atoms with Gasteiger partial charge in [0.1, 0.15) is 18.1 Å². The predicted octanol–water partition coefficient (Wildman–Crippen LogP) is 0.328. The Bertz CT molecular complexity index is 359. The van der Waals surface area contributed by atoms with Gasteiger partial charge < -0.3 is 14.9 Å². The first-order chi connectivity index (χ1) is 6.18. The summed E-state index contributed by atoms with van der Waals surface area (Å²) < 4.78 is 5.06. The van der Waals surface area contributed by atoms with Gasteiger partial charge in [-0.3, -0.25) is 4.79 Å². The number of ketones is 1. The van der Waals surface area contributed by atoms with E-state index in [1.165, 1.54) is 18.2 Å². The van der Waals surface area contributed by atoms with Gasteiger partial charge in [0, 0.05) is 6.07 Å². The van der Waals surface area contributed by atoms with Crippen molar-refractivity contribution >= 4 is 5.78 Å². The minimum Gasteiger partial charge on any atom is -0.508 e. The third kappa shape index (κ3) is 1.25. The quantitative estimate of drug-likeness (QED) is 0.603. The van der Waals surface area contributed by atoms with E-state index in [1.54, 1.807) is 0 Å². The molecule has 0 amide bonds. The van der Waals surface area contributed by atoms with E-state index in [1.807, 2.05) is 0 Å². The molecular weight excluding hydrogens is 172 g/mol. The average Bonchev–Trinajstić information content (AvgIpc) is 2.12. The molecule has 0 aromatic heterocycles. The molecule has 0 bridgehead atoms. The van der Waals surface area contributed by atoms with Crippen LogP contribution >= 0.6 is 0 Å². The van der Waals surface area contributed by atoms with Crippen LogP contribution in [0.4, 0.5) is 0 Å². The van der Waals surface area contributed by atoms with E-state index in [0.717, 1.165) is 0 Å². The first-order valence-electron chi connectivity index (χ1n) is 3.86. The van der Waals surface area contributed by atoms with E-state index >= 15 is 0 Å². The Morgan fingerprint density at radius 1 is 1.46 bits per heavy atom. The molecule has 1 aromatic rings. The zero-order valence-corrected chi connectivity index (χ0v) is 6.73. The highest BCUT2D eigenvalue weighted by Gasteiger charge is 2.26. The maximum absolute atomic E-state index is 11.3. The van der Waals surface area contributed by atoms with Crippen molar-refractivity contribution < 1.29 is 19.7 Å². The lowest BCUT2D eigenvalue weighted by Crippen LogP contribution is -2.32. The Balaban J connectivity index is 2.50. The molecule has 13 heavy (non-hydrogen) atoms. The molecule has 2 rings (SSSR count). The van der Waals surface area contributed by atoms with Crippen molar-refractivity contribution in [1.82, 2.24) is 0 Å². The first kappa shape index (κ1) is 8.07. The molecule has 0 aliphatic carbocycles. The molecule has 0 saturated carbocycles. The number of hydrogen-bond acceptors (Lipinski definition) is 4. The van der Waals surface area contributed by atoms with Crippen molar-refractivity contribution in [2.75, 3.05) is 6.61 Å². The molecule has 1 heterocycles. The van der Waals surface area contributed by atoms with Crippen LogP contribution in [0.1, 0.15) is 10.4 Å². The van der Waals surface area contributed by atoms with Crippen molar-refractivity contribution in [1.29, 1.82) is 0 Å². The number of rotatable bonds is 0. The number of carbonyl (C=O) groups excluding carboxylic acids is 1. The van der Waals surface area contributed by atoms with Gasteiger partial charge in [-0.15, -0.1) is 0 Å². The van der Waals surface area contributed by atoms with Crippen molar-refractivity contribution in [3.05, 3.63) is 23.8 Å². The highest BCUT2D eigenvalue weighted by Crippen LogP contribution is 2.28.